The van der Waals surface area contributed by atoms with Gasteiger partial charge in [0.05, 0.1) is 22.1 Å². The number of nitro benzene ring substituents is 1. The van der Waals surface area contributed by atoms with E-state index in [9.17, 15) is 18.9 Å². The van der Waals surface area contributed by atoms with E-state index in [4.69, 9.17) is 0 Å². The van der Waals surface area contributed by atoms with Gasteiger partial charge in [0.2, 0.25) is 0 Å². The van der Waals surface area contributed by atoms with Crippen molar-refractivity contribution in [2.45, 2.75) is 26.3 Å². The Kier molecular flexibility index (Phi) is 5.02. The van der Waals surface area contributed by atoms with Crippen molar-refractivity contribution in [3.05, 3.63) is 50.5 Å². The van der Waals surface area contributed by atoms with Gasteiger partial charge in [0.15, 0.2) is 11.6 Å². The molecule has 1 aromatic heterocycles. The van der Waals surface area contributed by atoms with Crippen LogP contribution in [0.1, 0.15) is 18.9 Å². The number of non-ortho nitro benzene ring substituents is 1. The molecule has 0 fully saturated rings. The molecule has 0 spiro atoms. The second kappa shape index (κ2) is 6.78. The van der Waals surface area contributed by atoms with E-state index in [1.807, 2.05) is 19.2 Å². The van der Waals surface area contributed by atoms with Gasteiger partial charge in [0, 0.05) is 30.6 Å². The predicted molar refractivity (Wildman–Crippen MR) is 81.3 cm³/mol. The standard InChI is InChI=1S/C14H15F2N3O2S/c1-9(2)18(5-3-13-17-4-6-22-13)14-11(15)7-10(19(20)21)8-12(14)16/h4,6-9H,3,5H2,1-2H3. The molecule has 2 aromatic rings. The molecule has 0 saturated carbocycles. The summed E-state index contributed by atoms with van der Waals surface area (Å²) in [5.41, 5.74) is -0.834. The van der Waals surface area contributed by atoms with E-state index in [0.717, 1.165) is 17.1 Å². The van der Waals surface area contributed by atoms with Crippen LogP contribution in [0.15, 0.2) is 23.7 Å². The Bertz CT molecular complexity index is 639. The first-order valence-corrected chi connectivity index (χ1v) is 7.56. The Morgan fingerprint density at radius 3 is 2.45 bits per heavy atom. The van der Waals surface area contributed by atoms with Gasteiger partial charge in [-0.25, -0.2) is 13.8 Å². The highest BCUT2D eigenvalue weighted by Gasteiger charge is 2.23. The van der Waals surface area contributed by atoms with Crippen LogP contribution in [-0.4, -0.2) is 22.5 Å². The van der Waals surface area contributed by atoms with Crippen molar-refractivity contribution in [3.63, 3.8) is 0 Å². The predicted octanol–water partition coefficient (Wildman–Crippen LogP) is 3.79. The molecule has 5 nitrogen and oxygen atoms in total. The first kappa shape index (κ1) is 16.3. The number of hydrogen-bond donors (Lipinski definition) is 0. The van der Waals surface area contributed by atoms with Gasteiger partial charge in [-0.1, -0.05) is 0 Å². The van der Waals surface area contributed by atoms with E-state index in [2.05, 4.69) is 4.98 Å². The van der Waals surface area contributed by atoms with E-state index < -0.39 is 22.2 Å². The van der Waals surface area contributed by atoms with E-state index in [1.54, 1.807) is 11.1 Å². The topological polar surface area (TPSA) is 59.3 Å². The lowest BCUT2D eigenvalue weighted by Gasteiger charge is -2.29. The molecule has 0 bridgehead atoms. The number of hydrogen-bond acceptors (Lipinski definition) is 5. The summed E-state index contributed by atoms with van der Waals surface area (Å²) in [5, 5.41) is 13.4. The van der Waals surface area contributed by atoms with Crippen LogP contribution in [0.3, 0.4) is 0 Å². The Labute approximate surface area is 130 Å². The van der Waals surface area contributed by atoms with Crippen molar-refractivity contribution < 1.29 is 13.7 Å². The van der Waals surface area contributed by atoms with E-state index >= 15 is 0 Å². The van der Waals surface area contributed by atoms with Crippen LogP contribution in [-0.2, 0) is 6.42 Å². The fourth-order valence-electron chi connectivity index (χ4n) is 2.15. The Morgan fingerprint density at radius 1 is 1.36 bits per heavy atom. The van der Waals surface area contributed by atoms with Gasteiger partial charge in [-0.2, -0.15) is 0 Å². The molecule has 0 unspecified atom stereocenters. The van der Waals surface area contributed by atoms with Crippen LogP contribution < -0.4 is 4.90 Å². The molecule has 1 heterocycles. The number of rotatable bonds is 6. The SMILES string of the molecule is CC(C)N(CCc1nccs1)c1c(F)cc([N+](=O)[O-])cc1F. The largest absolute Gasteiger partial charge is 0.364 e. The van der Waals surface area contributed by atoms with Crippen molar-refractivity contribution in [1.82, 2.24) is 4.98 Å². The molecule has 0 N–H and O–H groups in total. The summed E-state index contributed by atoms with van der Waals surface area (Å²) in [6, 6.07) is 1.33. The molecule has 0 radical (unpaired) electrons. The van der Waals surface area contributed by atoms with Gasteiger partial charge in [0.25, 0.3) is 5.69 Å². The van der Waals surface area contributed by atoms with Gasteiger partial charge in [-0.3, -0.25) is 10.1 Å². The number of thiazole rings is 1. The van der Waals surface area contributed by atoms with Crippen LogP contribution >= 0.6 is 11.3 Å². The fraction of sp³-hybridized carbons (Fsp3) is 0.357. The molecule has 1 aromatic carbocycles. The maximum Gasteiger partial charge on any atom is 0.275 e. The third-order valence-electron chi connectivity index (χ3n) is 3.17. The lowest BCUT2D eigenvalue weighted by molar-refractivity contribution is -0.385. The minimum absolute atomic E-state index is 0.162. The highest BCUT2D eigenvalue weighted by atomic mass is 32.1. The van der Waals surface area contributed by atoms with Crippen molar-refractivity contribution in [2.75, 3.05) is 11.4 Å². The van der Waals surface area contributed by atoms with Crippen molar-refractivity contribution in [3.8, 4) is 0 Å². The first-order chi connectivity index (χ1) is 10.4. The summed E-state index contributed by atoms with van der Waals surface area (Å²) >= 11 is 1.47. The summed E-state index contributed by atoms with van der Waals surface area (Å²) in [5.74, 6) is -1.86. The Morgan fingerprint density at radius 2 is 2.00 bits per heavy atom. The van der Waals surface area contributed by atoms with Crippen molar-refractivity contribution in [1.29, 1.82) is 0 Å². The summed E-state index contributed by atoms with van der Waals surface area (Å²) in [6.45, 7) is 3.99. The number of anilines is 1. The maximum atomic E-state index is 14.1. The highest BCUT2D eigenvalue weighted by Crippen LogP contribution is 2.29. The minimum atomic E-state index is -0.931. The molecule has 2 rings (SSSR count). The molecule has 0 atom stereocenters. The third-order valence-corrected chi connectivity index (χ3v) is 4.01. The fourth-order valence-corrected chi connectivity index (χ4v) is 2.76. The zero-order valence-electron chi connectivity index (χ0n) is 12.1. The van der Waals surface area contributed by atoms with Gasteiger partial charge in [0.1, 0.15) is 5.69 Å². The molecule has 118 valence electrons. The molecule has 22 heavy (non-hydrogen) atoms. The molecule has 0 saturated heterocycles. The van der Waals surface area contributed by atoms with Crippen LogP contribution in [0.5, 0.6) is 0 Å². The monoisotopic (exact) mass is 327 g/mol. The van der Waals surface area contributed by atoms with E-state index in [-0.39, 0.29) is 11.7 Å². The number of nitro groups is 1. The number of halogens is 2. The molecule has 0 amide bonds. The Balaban J connectivity index is 2.30. The second-order valence-electron chi connectivity index (χ2n) is 4.98. The highest BCUT2D eigenvalue weighted by molar-refractivity contribution is 7.09. The average molecular weight is 327 g/mol. The van der Waals surface area contributed by atoms with Gasteiger partial charge in [-0.05, 0) is 13.8 Å². The second-order valence-corrected chi connectivity index (χ2v) is 5.96. The van der Waals surface area contributed by atoms with E-state index in [1.165, 1.54) is 11.3 Å². The number of nitrogens with zero attached hydrogens (tertiary/aromatic N) is 3. The van der Waals surface area contributed by atoms with Gasteiger partial charge >= 0.3 is 0 Å². The van der Waals surface area contributed by atoms with Crippen LogP contribution in [0, 0.1) is 21.7 Å². The molecule has 0 aliphatic heterocycles. The lowest BCUT2D eigenvalue weighted by atomic mass is 10.2. The number of benzene rings is 1. The number of aromatic nitrogens is 1. The minimum Gasteiger partial charge on any atom is -0.364 e. The molecular formula is C14H15F2N3O2S. The molecule has 8 heteroatoms. The molecule has 0 aliphatic carbocycles. The summed E-state index contributed by atoms with van der Waals surface area (Å²) in [6.07, 6.45) is 2.22. The van der Waals surface area contributed by atoms with Crippen LogP contribution in [0.25, 0.3) is 0 Å². The average Bonchev–Trinajstić information content (AvgIpc) is 2.94. The summed E-state index contributed by atoms with van der Waals surface area (Å²) in [7, 11) is 0. The first-order valence-electron chi connectivity index (χ1n) is 6.68. The summed E-state index contributed by atoms with van der Waals surface area (Å²) in [4.78, 5) is 15.5. The van der Waals surface area contributed by atoms with Gasteiger partial charge < -0.3 is 4.90 Å². The zero-order chi connectivity index (χ0) is 16.3. The summed E-state index contributed by atoms with van der Waals surface area (Å²) < 4.78 is 28.3. The maximum absolute atomic E-state index is 14.1. The smallest absolute Gasteiger partial charge is 0.275 e. The quantitative estimate of drug-likeness (QED) is 0.598. The van der Waals surface area contributed by atoms with Crippen LogP contribution in [0.4, 0.5) is 20.2 Å². The van der Waals surface area contributed by atoms with Crippen molar-refractivity contribution in [2.24, 2.45) is 0 Å². The molecule has 0 aliphatic rings. The lowest BCUT2D eigenvalue weighted by Crippen LogP contribution is -2.34. The Hall–Kier alpha value is -2.09. The van der Waals surface area contributed by atoms with Crippen LogP contribution in [0.2, 0.25) is 0 Å². The molecular weight excluding hydrogens is 312 g/mol. The van der Waals surface area contributed by atoms with Gasteiger partial charge in [-0.15, -0.1) is 11.3 Å². The normalized spacial score (nSPS) is 11.0. The third kappa shape index (κ3) is 3.56. The zero-order valence-corrected chi connectivity index (χ0v) is 12.9. The van der Waals surface area contributed by atoms with E-state index in [0.29, 0.717) is 13.0 Å². The van der Waals surface area contributed by atoms with Crippen molar-refractivity contribution >= 4 is 22.7 Å².